The van der Waals surface area contributed by atoms with Crippen LogP contribution in [0.3, 0.4) is 0 Å². The molecule has 2 amide bonds. The summed E-state index contributed by atoms with van der Waals surface area (Å²) in [7, 11) is -3.78. The number of urea groups is 1. The Morgan fingerprint density at radius 2 is 1.87 bits per heavy atom. The minimum Gasteiger partial charge on any atom is -0.464 e. The van der Waals surface area contributed by atoms with Crippen molar-refractivity contribution in [2.75, 3.05) is 32.8 Å². The summed E-state index contributed by atoms with van der Waals surface area (Å²) in [6.45, 7) is 7.20. The Kier molecular flexibility index (Phi) is 6.99. The number of nitrogens with one attached hydrogen (secondary N) is 1. The van der Waals surface area contributed by atoms with Crippen LogP contribution in [0.15, 0.2) is 40.3 Å². The first-order valence-electron chi connectivity index (χ1n) is 10.3. The SMILES string of the molecule is CCOC(=O)C(C)NC(=O)N1CCCN(C2=NS(=O)(=O)C(c3ccccc3)=C2C)CC1. The highest BCUT2D eigenvalue weighted by molar-refractivity contribution is 8.00. The van der Waals surface area contributed by atoms with Gasteiger partial charge in [0.1, 0.15) is 16.8 Å². The molecular formula is C21H28N4O5S. The van der Waals surface area contributed by atoms with E-state index in [0.29, 0.717) is 49.6 Å². The van der Waals surface area contributed by atoms with Crippen molar-refractivity contribution in [3.8, 4) is 0 Å². The number of nitrogens with zero attached hydrogens (tertiary/aromatic N) is 3. The molecule has 0 aromatic heterocycles. The molecule has 1 aromatic carbocycles. The Labute approximate surface area is 182 Å². The lowest BCUT2D eigenvalue weighted by atomic mass is 10.1. The average Bonchev–Trinajstić information content (AvgIpc) is 2.89. The van der Waals surface area contributed by atoms with Crippen LogP contribution in [0, 0.1) is 0 Å². The molecule has 1 fully saturated rings. The third-order valence-electron chi connectivity index (χ3n) is 5.24. The van der Waals surface area contributed by atoms with Crippen molar-refractivity contribution < 1.29 is 22.7 Å². The first-order chi connectivity index (χ1) is 14.7. The molecule has 3 rings (SSSR count). The molecule has 2 aliphatic heterocycles. The summed E-state index contributed by atoms with van der Waals surface area (Å²) in [5.41, 5.74) is 1.22. The standard InChI is InChI=1S/C21H28N4O5S/c1-4-30-20(26)16(3)22-21(27)25-12-8-11-24(13-14-25)19-15(2)18(31(28,29)23-19)17-9-6-5-7-10-17/h5-7,9-10,16H,4,8,11-14H2,1-3H3,(H,22,27). The number of benzene rings is 1. The zero-order valence-electron chi connectivity index (χ0n) is 18.0. The summed E-state index contributed by atoms with van der Waals surface area (Å²) >= 11 is 0. The predicted molar refractivity (Wildman–Crippen MR) is 118 cm³/mol. The Morgan fingerprint density at radius 3 is 2.55 bits per heavy atom. The summed E-state index contributed by atoms with van der Waals surface area (Å²) in [6.07, 6.45) is 0.647. The molecule has 1 atom stereocenters. The van der Waals surface area contributed by atoms with Crippen molar-refractivity contribution in [1.29, 1.82) is 0 Å². The van der Waals surface area contributed by atoms with E-state index in [9.17, 15) is 18.0 Å². The fraction of sp³-hybridized carbons (Fsp3) is 0.476. The molecule has 2 heterocycles. The number of rotatable bonds is 4. The monoisotopic (exact) mass is 448 g/mol. The maximum atomic E-state index is 12.7. The minimum atomic E-state index is -3.78. The van der Waals surface area contributed by atoms with Gasteiger partial charge in [-0.05, 0) is 32.8 Å². The van der Waals surface area contributed by atoms with Crippen molar-refractivity contribution in [3.63, 3.8) is 0 Å². The van der Waals surface area contributed by atoms with E-state index in [1.165, 1.54) is 0 Å². The number of carbonyl (C=O) groups excluding carboxylic acids is 2. The normalized spacial score (nSPS) is 19.5. The molecule has 31 heavy (non-hydrogen) atoms. The van der Waals surface area contributed by atoms with Crippen LogP contribution in [0.5, 0.6) is 0 Å². The number of amidine groups is 1. The third kappa shape index (κ3) is 5.07. The Morgan fingerprint density at radius 1 is 1.16 bits per heavy atom. The molecule has 10 heteroatoms. The first kappa shape index (κ1) is 22.8. The number of carbonyl (C=O) groups is 2. The molecule has 168 valence electrons. The van der Waals surface area contributed by atoms with Crippen molar-refractivity contribution in [2.45, 2.75) is 33.2 Å². The van der Waals surface area contributed by atoms with E-state index < -0.39 is 22.0 Å². The van der Waals surface area contributed by atoms with Crippen molar-refractivity contribution in [2.24, 2.45) is 4.40 Å². The fourth-order valence-corrected chi connectivity index (χ4v) is 5.19. The second-order valence-electron chi connectivity index (χ2n) is 7.46. The Bertz CT molecular complexity index is 1000. The molecule has 9 nitrogen and oxygen atoms in total. The summed E-state index contributed by atoms with van der Waals surface area (Å²) in [5, 5.41) is 2.66. The van der Waals surface area contributed by atoms with Gasteiger partial charge in [-0.3, -0.25) is 0 Å². The van der Waals surface area contributed by atoms with Crippen LogP contribution in [0.1, 0.15) is 32.8 Å². The second-order valence-corrected chi connectivity index (χ2v) is 9.00. The van der Waals surface area contributed by atoms with Crippen LogP contribution in [0.2, 0.25) is 0 Å². The summed E-state index contributed by atoms with van der Waals surface area (Å²) in [5.74, 6) is -0.0481. The number of esters is 1. The largest absolute Gasteiger partial charge is 0.464 e. The van der Waals surface area contributed by atoms with Gasteiger partial charge in [0.25, 0.3) is 10.0 Å². The lowest BCUT2D eigenvalue weighted by Crippen LogP contribution is -2.48. The zero-order chi connectivity index (χ0) is 22.6. The van der Waals surface area contributed by atoms with E-state index in [0.717, 1.165) is 0 Å². The average molecular weight is 449 g/mol. The van der Waals surface area contributed by atoms with E-state index >= 15 is 0 Å². The quantitative estimate of drug-likeness (QED) is 0.704. The fourth-order valence-electron chi connectivity index (χ4n) is 3.71. The van der Waals surface area contributed by atoms with Crippen molar-refractivity contribution >= 4 is 32.8 Å². The van der Waals surface area contributed by atoms with Crippen molar-refractivity contribution in [1.82, 2.24) is 15.1 Å². The molecule has 1 saturated heterocycles. The highest BCUT2D eigenvalue weighted by Crippen LogP contribution is 2.33. The van der Waals surface area contributed by atoms with E-state index in [1.54, 1.807) is 49.9 Å². The third-order valence-corrected chi connectivity index (χ3v) is 6.71. The van der Waals surface area contributed by atoms with Crippen LogP contribution < -0.4 is 5.32 Å². The molecule has 1 unspecified atom stereocenters. The van der Waals surface area contributed by atoms with Gasteiger partial charge in [0.15, 0.2) is 0 Å². The molecule has 0 aliphatic carbocycles. The molecule has 0 radical (unpaired) electrons. The first-order valence-corrected chi connectivity index (χ1v) is 11.8. The highest BCUT2D eigenvalue weighted by atomic mass is 32.2. The second kappa shape index (κ2) is 9.51. The van der Waals surface area contributed by atoms with Crippen LogP contribution in [0.4, 0.5) is 4.79 Å². The van der Waals surface area contributed by atoms with Gasteiger partial charge in [-0.1, -0.05) is 30.3 Å². The van der Waals surface area contributed by atoms with E-state index in [2.05, 4.69) is 9.71 Å². The van der Waals surface area contributed by atoms with Crippen LogP contribution in [-0.2, 0) is 19.6 Å². The van der Waals surface area contributed by atoms with Gasteiger partial charge in [0.05, 0.1) is 6.61 Å². The Hall–Kier alpha value is -2.88. The molecule has 2 aliphatic rings. The predicted octanol–water partition coefficient (Wildman–Crippen LogP) is 1.83. The smallest absolute Gasteiger partial charge is 0.328 e. The molecule has 1 aromatic rings. The number of hydrogen-bond acceptors (Lipinski definition) is 6. The lowest BCUT2D eigenvalue weighted by molar-refractivity contribution is -0.144. The zero-order valence-corrected chi connectivity index (χ0v) is 18.8. The molecule has 1 N–H and O–H groups in total. The van der Waals surface area contributed by atoms with Gasteiger partial charge in [0, 0.05) is 31.8 Å². The molecule has 0 bridgehead atoms. The maximum Gasteiger partial charge on any atom is 0.328 e. The van der Waals surface area contributed by atoms with Gasteiger partial charge in [0.2, 0.25) is 0 Å². The van der Waals surface area contributed by atoms with E-state index in [1.807, 2.05) is 11.0 Å². The number of hydrogen-bond donors (Lipinski definition) is 1. The molecular weight excluding hydrogens is 420 g/mol. The minimum absolute atomic E-state index is 0.227. The van der Waals surface area contributed by atoms with E-state index in [-0.39, 0.29) is 17.5 Å². The summed E-state index contributed by atoms with van der Waals surface area (Å²) < 4.78 is 34.4. The molecule has 0 spiro atoms. The van der Waals surface area contributed by atoms with Gasteiger partial charge in [-0.15, -0.1) is 4.40 Å². The van der Waals surface area contributed by atoms with Gasteiger partial charge in [-0.2, -0.15) is 8.42 Å². The Balaban J connectivity index is 1.70. The number of sulfonamides is 1. The lowest BCUT2D eigenvalue weighted by Gasteiger charge is -2.24. The number of amides is 2. The van der Waals surface area contributed by atoms with Gasteiger partial charge < -0.3 is 19.9 Å². The van der Waals surface area contributed by atoms with Gasteiger partial charge in [-0.25, -0.2) is 9.59 Å². The summed E-state index contributed by atoms with van der Waals surface area (Å²) in [4.78, 5) is 28.1. The van der Waals surface area contributed by atoms with Crippen LogP contribution in [0.25, 0.3) is 4.91 Å². The van der Waals surface area contributed by atoms with Gasteiger partial charge >= 0.3 is 12.0 Å². The van der Waals surface area contributed by atoms with Crippen LogP contribution in [-0.4, -0.2) is 74.9 Å². The van der Waals surface area contributed by atoms with E-state index in [4.69, 9.17) is 4.74 Å². The maximum absolute atomic E-state index is 12.7. The topological polar surface area (TPSA) is 108 Å². The highest BCUT2D eigenvalue weighted by Gasteiger charge is 2.34. The number of ether oxygens (including phenoxy) is 1. The van der Waals surface area contributed by atoms with Crippen LogP contribution >= 0.6 is 0 Å². The van der Waals surface area contributed by atoms with Crippen molar-refractivity contribution in [3.05, 3.63) is 41.5 Å². The molecule has 0 saturated carbocycles. The summed E-state index contributed by atoms with van der Waals surface area (Å²) in [6, 6.07) is 7.85.